The number of nitrogens with zero attached hydrogens (tertiary/aromatic N) is 1. The number of nitrogens with two attached hydrogens (primary N) is 1. The lowest BCUT2D eigenvalue weighted by Crippen LogP contribution is -2.43. The van der Waals surface area contributed by atoms with E-state index in [1.54, 1.807) is 0 Å². The van der Waals surface area contributed by atoms with Gasteiger partial charge >= 0.3 is 6.18 Å². The van der Waals surface area contributed by atoms with Crippen molar-refractivity contribution in [3.63, 3.8) is 0 Å². The van der Waals surface area contributed by atoms with E-state index in [-0.39, 0.29) is 13.1 Å². The van der Waals surface area contributed by atoms with Gasteiger partial charge in [-0.3, -0.25) is 4.79 Å². The fourth-order valence-corrected chi connectivity index (χ4v) is 1.51. The lowest BCUT2D eigenvalue weighted by atomic mass is 10.0. The van der Waals surface area contributed by atoms with Gasteiger partial charge in [-0.1, -0.05) is 13.3 Å². The SMILES string of the molecule is CCCC(CN)C(=O)N(CC)CC(F)(F)F. The van der Waals surface area contributed by atoms with E-state index in [9.17, 15) is 18.0 Å². The van der Waals surface area contributed by atoms with Crippen molar-refractivity contribution in [2.24, 2.45) is 11.7 Å². The van der Waals surface area contributed by atoms with Crippen LogP contribution in [0.15, 0.2) is 0 Å². The largest absolute Gasteiger partial charge is 0.406 e. The number of halogens is 3. The quantitative estimate of drug-likeness (QED) is 0.769. The molecule has 1 atom stereocenters. The Morgan fingerprint density at radius 2 is 1.94 bits per heavy atom. The van der Waals surface area contributed by atoms with E-state index >= 15 is 0 Å². The normalized spacial score (nSPS) is 13.6. The number of hydrogen-bond donors (Lipinski definition) is 1. The second-order valence-corrected chi connectivity index (χ2v) is 3.69. The maximum Gasteiger partial charge on any atom is 0.406 e. The van der Waals surface area contributed by atoms with Gasteiger partial charge in [0, 0.05) is 13.1 Å². The molecule has 0 radical (unpaired) electrons. The molecule has 0 aromatic heterocycles. The molecule has 3 nitrogen and oxygen atoms in total. The first-order valence-corrected chi connectivity index (χ1v) is 5.41. The van der Waals surface area contributed by atoms with E-state index in [0.29, 0.717) is 6.42 Å². The van der Waals surface area contributed by atoms with Crippen LogP contribution in [-0.4, -0.2) is 36.6 Å². The number of rotatable bonds is 6. The zero-order valence-corrected chi connectivity index (χ0v) is 9.68. The van der Waals surface area contributed by atoms with Crippen LogP contribution in [0.3, 0.4) is 0 Å². The molecule has 1 amide bonds. The van der Waals surface area contributed by atoms with Gasteiger partial charge in [0.25, 0.3) is 0 Å². The van der Waals surface area contributed by atoms with Gasteiger partial charge in [-0.05, 0) is 13.3 Å². The highest BCUT2D eigenvalue weighted by Crippen LogP contribution is 2.18. The van der Waals surface area contributed by atoms with Crippen LogP contribution in [0.5, 0.6) is 0 Å². The molecule has 0 spiro atoms. The van der Waals surface area contributed by atoms with Crippen molar-refractivity contribution in [2.75, 3.05) is 19.6 Å². The minimum atomic E-state index is -4.35. The van der Waals surface area contributed by atoms with Crippen molar-refractivity contribution in [1.29, 1.82) is 0 Å². The number of carbonyl (C=O) groups is 1. The molecule has 16 heavy (non-hydrogen) atoms. The highest BCUT2D eigenvalue weighted by molar-refractivity contribution is 5.79. The maximum atomic E-state index is 12.2. The third-order valence-electron chi connectivity index (χ3n) is 2.33. The third kappa shape index (κ3) is 5.34. The van der Waals surface area contributed by atoms with Crippen LogP contribution in [-0.2, 0) is 4.79 Å². The summed E-state index contributed by atoms with van der Waals surface area (Å²) in [6, 6.07) is 0. The Morgan fingerprint density at radius 1 is 1.38 bits per heavy atom. The third-order valence-corrected chi connectivity index (χ3v) is 2.33. The smallest absolute Gasteiger partial charge is 0.334 e. The zero-order chi connectivity index (χ0) is 12.8. The first-order valence-electron chi connectivity index (χ1n) is 5.41. The van der Waals surface area contributed by atoms with Crippen LogP contribution < -0.4 is 5.73 Å². The summed E-state index contributed by atoms with van der Waals surface area (Å²) in [5, 5.41) is 0. The fourth-order valence-electron chi connectivity index (χ4n) is 1.51. The van der Waals surface area contributed by atoms with Gasteiger partial charge in [0.2, 0.25) is 5.91 Å². The molecule has 0 aliphatic carbocycles. The zero-order valence-electron chi connectivity index (χ0n) is 9.68. The lowest BCUT2D eigenvalue weighted by molar-refractivity contribution is -0.163. The number of alkyl halides is 3. The Hall–Kier alpha value is -0.780. The second kappa shape index (κ2) is 6.73. The summed E-state index contributed by atoms with van der Waals surface area (Å²) in [6.45, 7) is 2.36. The molecule has 0 saturated carbocycles. The molecular weight excluding hydrogens is 221 g/mol. The van der Waals surface area contributed by atoms with Gasteiger partial charge in [-0.25, -0.2) is 0 Å². The van der Waals surface area contributed by atoms with Gasteiger partial charge in [0.15, 0.2) is 0 Å². The molecule has 2 N–H and O–H groups in total. The molecule has 0 aromatic carbocycles. The molecular formula is C10H19F3N2O. The molecule has 0 aromatic rings. The molecule has 0 bridgehead atoms. The predicted molar refractivity (Wildman–Crippen MR) is 55.8 cm³/mol. The van der Waals surface area contributed by atoms with Crippen LogP contribution in [0, 0.1) is 5.92 Å². The molecule has 96 valence electrons. The summed E-state index contributed by atoms with van der Waals surface area (Å²) < 4.78 is 36.5. The maximum absolute atomic E-state index is 12.2. The first-order chi connectivity index (χ1) is 7.35. The highest BCUT2D eigenvalue weighted by Gasteiger charge is 2.34. The van der Waals surface area contributed by atoms with E-state index < -0.39 is 24.5 Å². The molecule has 0 fully saturated rings. The minimum Gasteiger partial charge on any atom is -0.334 e. The minimum absolute atomic E-state index is 0.0541. The average Bonchev–Trinajstić information content (AvgIpc) is 2.20. The van der Waals surface area contributed by atoms with E-state index in [1.807, 2.05) is 6.92 Å². The first kappa shape index (κ1) is 15.2. The second-order valence-electron chi connectivity index (χ2n) is 3.69. The molecule has 0 aliphatic rings. The van der Waals surface area contributed by atoms with Gasteiger partial charge < -0.3 is 10.6 Å². The molecule has 1 unspecified atom stereocenters. The monoisotopic (exact) mass is 240 g/mol. The Balaban J connectivity index is 4.50. The topological polar surface area (TPSA) is 46.3 Å². The standard InChI is InChI=1S/C10H19F3N2O/c1-3-5-8(6-14)9(16)15(4-2)7-10(11,12)13/h8H,3-7,14H2,1-2H3. The van der Waals surface area contributed by atoms with Crippen LogP contribution in [0.2, 0.25) is 0 Å². The number of hydrogen-bond acceptors (Lipinski definition) is 2. The number of carbonyl (C=O) groups excluding carboxylic acids is 1. The van der Waals surface area contributed by atoms with Crippen molar-refractivity contribution in [1.82, 2.24) is 4.90 Å². The van der Waals surface area contributed by atoms with Gasteiger partial charge in [-0.15, -0.1) is 0 Å². The summed E-state index contributed by atoms with van der Waals surface area (Å²) in [6.07, 6.45) is -3.09. The van der Waals surface area contributed by atoms with Crippen molar-refractivity contribution >= 4 is 5.91 Å². The van der Waals surface area contributed by atoms with Crippen LogP contribution in [0.25, 0.3) is 0 Å². The molecule has 0 aliphatic heterocycles. The number of amides is 1. The Kier molecular flexibility index (Phi) is 6.40. The fraction of sp³-hybridized carbons (Fsp3) is 0.900. The summed E-state index contributed by atoms with van der Waals surface area (Å²) in [4.78, 5) is 12.5. The summed E-state index contributed by atoms with van der Waals surface area (Å²) >= 11 is 0. The Labute approximate surface area is 93.8 Å². The summed E-state index contributed by atoms with van der Waals surface area (Å²) in [5.41, 5.74) is 5.39. The van der Waals surface area contributed by atoms with E-state index in [2.05, 4.69) is 0 Å². The summed E-state index contributed by atoms with van der Waals surface area (Å²) in [5.74, 6) is -0.989. The highest BCUT2D eigenvalue weighted by atomic mass is 19.4. The van der Waals surface area contributed by atoms with Crippen molar-refractivity contribution in [3.05, 3.63) is 0 Å². The Morgan fingerprint density at radius 3 is 2.25 bits per heavy atom. The van der Waals surface area contributed by atoms with Crippen molar-refractivity contribution in [2.45, 2.75) is 32.9 Å². The van der Waals surface area contributed by atoms with Gasteiger partial charge in [0.05, 0.1) is 5.92 Å². The van der Waals surface area contributed by atoms with Crippen molar-refractivity contribution in [3.8, 4) is 0 Å². The van der Waals surface area contributed by atoms with E-state index in [0.717, 1.165) is 11.3 Å². The average molecular weight is 240 g/mol. The van der Waals surface area contributed by atoms with Crippen molar-refractivity contribution < 1.29 is 18.0 Å². The molecule has 6 heteroatoms. The molecule has 0 rings (SSSR count). The lowest BCUT2D eigenvalue weighted by Gasteiger charge is -2.26. The van der Waals surface area contributed by atoms with Gasteiger partial charge in [0.1, 0.15) is 6.54 Å². The van der Waals surface area contributed by atoms with E-state index in [4.69, 9.17) is 5.73 Å². The van der Waals surface area contributed by atoms with Crippen LogP contribution in [0.4, 0.5) is 13.2 Å². The molecule has 0 heterocycles. The van der Waals surface area contributed by atoms with Crippen LogP contribution in [0.1, 0.15) is 26.7 Å². The predicted octanol–water partition coefficient (Wildman–Crippen LogP) is 1.77. The molecule has 0 saturated heterocycles. The van der Waals surface area contributed by atoms with Gasteiger partial charge in [-0.2, -0.15) is 13.2 Å². The summed E-state index contributed by atoms with van der Waals surface area (Å²) in [7, 11) is 0. The van der Waals surface area contributed by atoms with E-state index in [1.165, 1.54) is 6.92 Å². The van der Waals surface area contributed by atoms with Crippen LogP contribution >= 0.6 is 0 Å². The Bertz CT molecular complexity index is 219.